The van der Waals surface area contributed by atoms with Gasteiger partial charge < -0.3 is 14.7 Å². The predicted octanol–water partition coefficient (Wildman–Crippen LogP) is 3.28. The summed E-state index contributed by atoms with van der Waals surface area (Å²) in [5.74, 6) is -3.55. The molecule has 0 bridgehead atoms. The Morgan fingerprint density at radius 3 is 2.38 bits per heavy atom. The van der Waals surface area contributed by atoms with Gasteiger partial charge in [-0.3, -0.25) is 14.8 Å². The first kappa shape index (κ1) is 33.2. The molecule has 1 aliphatic heterocycles. The van der Waals surface area contributed by atoms with Crippen LogP contribution in [0.25, 0.3) is 27.8 Å². The van der Waals surface area contributed by atoms with E-state index >= 15 is 0 Å². The van der Waals surface area contributed by atoms with Gasteiger partial charge in [0.15, 0.2) is 5.65 Å². The smallest absolute Gasteiger partial charge is 0.475 e. The largest absolute Gasteiger partial charge is 0.490 e. The molecule has 5 aromatic rings. The Morgan fingerprint density at radius 2 is 1.72 bits per heavy atom. The van der Waals surface area contributed by atoms with Crippen LogP contribution in [0.15, 0.2) is 67.0 Å². The molecule has 0 saturated carbocycles. The first-order chi connectivity index (χ1) is 22.3. The van der Waals surface area contributed by atoms with Crippen LogP contribution in [0.5, 0.6) is 0 Å². The molecule has 0 unspecified atom stereocenters. The second-order valence-electron chi connectivity index (χ2n) is 10.4. The normalized spacial score (nSPS) is 13.7. The van der Waals surface area contributed by atoms with Gasteiger partial charge in [0.2, 0.25) is 10.0 Å². The third-order valence-corrected chi connectivity index (χ3v) is 7.54. The number of rotatable bonds is 7. The number of hydrogen-bond acceptors (Lipinski definition) is 10. The molecule has 246 valence electrons. The van der Waals surface area contributed by atoms with Crippen molar-refractivity contribution < 1.29 is 41.0 Å². The van der Waals surface area contributed by atoms with Crippen LogP contribution in [0.4, 0.5) is 18.9 Å². The third kappa shape index (κ3) is 8.17. The van der Waals surface area contributed by atoms with Gasteiger partial charge in [-0.15, -0.1) is 0 Å². The molecule has 1 amide bonds. The van der Waals surface area contributed by atoms with Crippen LogP contribution in [-0.2, 0) is 32.4 Å². The van der Waals surface area contributed by atoms with E-state index in [1.54, 1.807) is 23.0 Å². The maximum atomic E-state index is 12.3. The molecule has 47 heavy (non-hydrogen) atoms. The first-order valence-corrected chi connectivity index (χ1v) is 16.0. The van der Waals surface area contributed by atoms with Crippen LogP contribution < -0.4 is 9.62 Å². The Labute approximate surface area is 266 Å². The number of hydrogen-bond donors (Lipinski definition) is 2. The number of halogens is 3. The van der Waals surface area contributed by atoms with Gasteiger partial charge in [0.1, 0.15) is 5.69 Å². The third-order valence-electron chi connectivity index (χ3n) is 6.99. The quantitative estimate of drug-likeness (QED) is 0.260. The SMILES string of the molecule is CS(=O)(=O)NC(=O)c1ccc(-c2c(CCc3ccc4ccccc4n3)nc3c(N4CCOCC4)ccnn23)cn1.O=C(O)C(F)(F)F. The minimum absolute atomic E-state index is 0.00752. The van der Waals surface area contributed by atoms with E-state index < -0.39 is 28.1 Å². The molecule has 0 radical (unpaired) electrons. The molecule has 0 atom stereocenters. The summed E-state index contributed by atoms with van der Waals surface area (Å²) in [5, 5.41) is 12.8. The number of para-hydroxylation sites is 1. The minimum atomic E-state index is -5.08. The lowest BCUT2D eigenvalue weighted by atomic mass is 10.1. The van der Waals surface area contributed by atoms with Crippen molar-refractivity contribution in [1.29, 1.82) is 0 Å². The van der Waals surface area contributed by atoms with E-state index in [2.05, 4.69) is 21.0 Å². The minimum Gasteiger partial charge on any atom is -0.475 e. The van der Waals surface area contributed by atoms with Gasteiger partial charge in [0, 0.05) is 35.9 Å². The van der Waals surface area contributed by atoms with Crippen LogP contribution in [0.2, 0.25) is 0 Å². The number of aryl methyl sites for hydroxylation is 2. The summed E-state index contributed by atoms with van der Waals surface area (Å²) in [4.78, 5) is 37.6. The van der Waals surface area contributed by atoms with Gasteiger partial charge in [-0.2, -0.15) is 18.3 Å². The topological polar surface area (TPSA) is 169 Å². The highest BCUT2D eigenvalue weighted by Crippen LogP contribution is 2.30. The summed E-state index contributed by atoms with van der Waals surface area (Å²) < 4.78 is 64.0. The number of morpholine rings is 1. The summed E-state index contributed by atoms with van der Waals surface area (Å²) >= 11 is 0. The van der Waals surface area contributed by atoms with E-state index in [4.69, 9.17) is 24.6 Å². The number of nitrogens with one attached hydrogen (secondary N) is 1. The van der Waals surface area contributed by atoms with Crippen molar-refractivity contribution in [3.05, 3.63) is 84.1 Å². The van der Waals surface area contributed by atoms with Crippen molar-refractivity contribution in [3.8, 4) is 11.3 Å². The van der Waals surface area contributed by atoms with Gasteiger partial charge in [-0.1, -0.05) is 24.3 Å². The Balaban J connectivity index is 0.000000559. The molecule has 1 aliphatic rings. The number of aromatic nitrogens is 5. The van der Waals surface area contributed by atoms with E-state index in [1.807, 2.05) is 41.1 Å². The van der Waals surface area contributed by atoms with Crippen molar-refractivity contribution in [3.63, 3.8) is 0 Å². The maximum absolute atomic E-state index is 12.3. The van der Waals surface area contributed by atoms with Gasteiger partial charge in [-0.05, 0) is 43.2 Å². The number of carboxylic acid groups (broad SMARTS) is 1. The van der Waals surface area contributed by atoms with Crippen molar-refractivity contribution in [2.45, 2.75) is 19.0 Å². The second-order valence-corrected chi connectivity index (χ2v) is 12.1. The average Bonchev–Trinajstić information content (AvgIpc) is 3.42. The highest BCUT2D eigenvalue weighted by atomic mass is 32.2. The molecule has 17 heteroatoms. The van der Waals surface area contributed by atoms with Crippen LogP contribution >= 0.6 is 0 Å². The van der Waals surface area contributed by atoms with Crippen LogP contribution in [0.3, 0.4) is 0 Å². The van der Waals surface area contributed by atoms with E-state index in [-0.39, 0.29) is 5.69 Å². The monoisotopic (exact) mass is 671 g/mol. The lowest BCUT2D eigenvalue weighted by Gasteiger charge is -2.28. The number of pyridine rings is 2. The summed E-state index contributed by atoms with van der Waals surface area (Å²) in [6, 6.07) is 17.3. The number of sulfonamides is 1. The first-order valence-electron chi connectivity index (χ1n) is 14.1. The summed E-state index contributed by atoms with van der Waals surface area (Å²) in [6.45, 7) is 2.79. The Kier molecular flexibility index (Phi) is 9.67. The van der Waals surface area contributed by atoms with Crippen molar-refractivity contribution in [2.24, 2.45) is 0 Å². The molecule has 1 aromatic carbocycles. The molecule has 0 spiro atoms. The number of carbonyl (C=O) groups is 2. The average molecular weight is 672 g/mol. The van der Waals surface area contributed by atoms with E-state index in [1.165, 1.54) is 6.07 Å². The Bertz CT molecular complexity index is 2030. The fraction of sp³-hybridized carbons (Fsp3) is 0.267. The van der Waals surface area contributed by atoms with Gasteiger partial charge in [-0.25, -0.2) is 27.4 Å². The zero-order valence-corrected chi connectivity index (χ0v) is 25.6. The molecular weight excluding hydrogens is 643 g/mol. The zero-order valence-electron chi connectivity index (χ0n) is 24.8. The van der Waals surface area contributed by atoms with Gasteiger partial charge in [0.05, 0.1) is 48.3 Å². The van der Waals surface area contributed by atoms with Crippen molar-refractivity contribution in [1.82, 2.24) is 29.3 Å². The summed E-state index contributed by atoms with van der Waals surface area (Å²) in [6.07, 6.45) is 0.395. The number of imidazole rings is 1. The highest BCUT2D eigenvalue weighted by Gasteiger charge is 2.38. The number of benzene rings is 1. The van der Waals surface area contributed by atoms with Crippen LogP contribution in [-0.4, -0.2) is 88.7 Å². The molecule has 2 N–H and O–H groups in total. The Hall–Kier alpha value is -5.16. The number of anilines is 1. The number of nitrogens with zero attached hydrogens (tertiary/aromatic N) is 6. The fourth-order valence-corrected chi connectivity index (χ4v) is 5.32. The number of carbonyl (C=O) groups excluding carboxylic acids is 1. The Morgan fingerprint density at radius 1 is 1.00 bits per heavy atom. The molecule has 1 saturated heterocycles. The molecule has 1 fully saturated rings. The van der Waals surface area contributed by atoms with Crippen molar-refractivity contribution in [2.75, 3.05) is 37.5 Å². The highest BCUT2D eigenvalue weighted by molar-refractivity contribution is 7.89. The lowest BCUT2D eigenvalue weighted by Crippen LogP contribution is -2.36. The molecule has 6 rings (SSSR count). The molecule has 5 heterocycles. The van der Waals surface area contributed by atoms with E-state index in [0.29, 0.717) is 31.6 Å². The number of fused-ring (bicyclic) bond motifs is 2. The molecule has 0 aliphatic carbocycles. The fourth-order valence-electron chi connectivity index (χ4n) is 4.88. The number of alkyl halides is 3. The predicted molar refractivity (Wildman–Crippen MR) is 164 cm³/mol. The van der Waals surface area contributed by atoms with Crippen molar-refractivity contribution >= 4 is 44.1 Å². The standard InChI is InChI=1S/C28H27N7O4S.C2HF3O2/c1-40(37,38)33-28(36)24-10-7-20(18-29-24)26-23(11-9-21-8-6-19-4-2-3-5-22(19)31-21)32-27-25(12-13-30-35(26)27)34-14-16-39-17-15-34;3-2(4,5)1(6)7/h2-8,10,12-13,18H,9,11,14-17H2,1H3,(H,33,36);(H,6,7). The zero-order chi connectivity index (χ0) is 33.8. The van der Waals surface area contributed by atoms with Crippen LogP contribution in [0, 0.1) is 0 Å². The van der Waals surface area contributed by atoms with Gasteiger partial charge in [0.25, 0.3) is 5.91 Å². The summed E-state index contributed by atoms with van der Waals surface area (Å²) in [7, 11) is -3.71. The van der Waals surface area contributed by atoms with E-state index in [0.717, 1.165) is 58.7 Å². The molecular formula is C30H28F3N7O6S. The van der Waals surface area contributed by atoms with E-state index in [9.17, 15) is 26.4 Å². The number of ether oxygens (including phenoxy) is 1. The number of amides is 1. The second kappa shape index (κ2) is 13.7. The maximum Gasteiger partial charge on any atom is 0.490 e. The number of carboxylic acids is 1. The molecule has 13 nitrogen and oxygen atoms in total. The van der Waals surface area contributed by atoms with Gasteiger partial charge >= 0.3 is 12.1 Å². The lowest BCUT2D eigenvalue weighted by molar-refractivity contribution is -0.192. The summed E-state index contributed by atoms with van der Waals surface area (Å²) in [5.41, 5.74) is 5.86. The van der Waals surface area contributed by atoms with Crippen LogP contribution in [0.1, 0.15) is 21.9 Å². The molecule has 4 aromatic heterocycles. The number of aliphatic carboxylic acids is 1.